The molecule has 2 atom stereocenters. The van der Waals surface area contributed by atoms with Crippen LogP contribution in [0, 0.1) is 11.3 Å². The SMILES string of the molecule is CCSC1CCCC1Nc1cc(Br)ccc1C#N. The number of thioether (sulfide) groups is 1. The molecule has 1 N–H and O–H groups in total. The molecule has 2 nitrogen and oxygen atoms in total. The second-order valence-corrected chi connectivity index (χ2v) is 6.91. The zero-order valence-electron chi connectivity index (χ0n) is 10.4. The Balaban J connectivity index is 2.13. The maximum Gasteiger partial charge on any atom is 0.101 e. The number of rotatable bonds is 4. The van der Waals surface area contributed by atoms with Crippen LogP contribution in [-0.4, -0.2) is 17.0 Å². The quantitative estimate of drug-likeness (QED) is 0.891. The third-order valence-electron chi connectivity index (χ3n) is 3.28. The number of nitrogens with one attached hydrogen (secondary N) is 1. The molecule has 96 valence electrons. The Morgan fingerprint density at radius 2 is 2.33 bits per heavy atom. The van der Waals surface area contributed by atoms with Gasteiger partial charge in [0, 0.05) is 15.8 Å². The lowest BCUT2D eigenvalue weighted by Gasteiger charge is -2.22. The summed E-state index contributed by atoms with van der Waals surface area (Å²) in [7, 11) is 0. The molecule has 1 saturated carbocycles. The van der Waals surface area contributed by atoms with Crippen molar-refractivity contribution in [3.63, 3.8) is 0 Å². The van der Waals surface area contributed by atoms with Crippen molar-refractivity contribution in [2.75, 3.05) is 11.1 Å². The van der Waals surface area contributed by atoms with E-state index in [-0.39, 0.29) is 0 Å². The van der Waals surface area contributed by atoms with E-state index in [0.717, 1.165) is 21.5 Å². The van der Waals surface area contributed by atoms with Gasteiger partial charge in [0.25, 0.3) is 0 Å². The summed E-state index contributed by atoms with van der Waals surface area (Å²) in [5, 5.41) is 13.4. The van der Waals surface area contributed by atoms with Crippen LogP contribution in [-0.2, 0) is 0 Å². The number of hydrogen-bond donors (Lipinski definition) is 1. The molecule has 0 amide bonds. The second-order valence-electron chi connectivity index (χ2n) is 4.48. The van der Waals surface area contributed by atoms with Crippen LogP contribution in [0.2, 0.25) is 0 Å². The topological polar surface area (TPSA) is 35.8 Å². The van der Waals surface area contributed by atoms with Crippen LogP contribution in [0.1, 0.15) is 31.7 Å². The highest BCUT2D eigenvalue weighted by Crippen LogP contribution is 2.33. The van der Waals surface area contributed by atoms with Crippen LogP contribution in [0.25, 0.3) is 0 Å². The van der Waals surface area contributed by atoms with Gasteiger partial charge in [0.05, 0.1) is 11.3 Å². The summed E-state index contributed by atoms with van der Waals surface area (Å²) >= 11 is 5.49. The van der Waals surface area contributed by atoms with Crippen LogP contribution in [0.3, 0.4) is 0 Å². The van der Waals surface area contributed by atoms with E-state index < -0.39 is 0 Å². The maximum absolute atomic E-state index is 9.14. The fourth-order valence-corrected chi connectivity index (χ4v) is 4.00. The Hall–Kier alpha value is -0.660. The van der Waals surface area contributed by atoms with E-state index >= 15 is 0 Å². The predicted molar refractivity (Wildman–Crippen MR) is 82.0 cm³/mol. The summed E-state index contributed by atoms with van der Waals surface area (Å²) < 4.78 is 1.02. The molecule has 0 spiro atoms. The second kappa shape index (κ2) is 6.49. The minimum atomic E-state index is 0.497. The van der Waals surface area contributed by atoms with Gasteiger partial charge in [-0.25, -0.2) is 0 Å². The Kier molecular flexibility index (Phi) is 4.96. The first kappa shape index (κ1) is 13.8. The van der Waals surface area contributed by atoms with Crippen molar-refractivity contribution in [3.8, 4) is 6.07 Å². The number of nitrogens with zero attached hydrogens (tertiary/aromatic N) is 1. The van der Waals surface area contributed by atoms with Crippen LogP contribution < -0.4 is 5.32 Å². The molecule has 1 aliphatic rings. The molecular weight excluding hydrogens is 308 g/mol. The summed E-state index contributed by atoms with van der Waals surface area (Å²) in [4.78, 5) is 0. The van der Waals surface area contributed by atoms with Gasteiger partial charge in [0.15, 0.2) is 0 Å². The van der Waals surface area contributed by atoms with E-state index in [2.05, 4.69) is 34.2 Å². The lowest BCUT2D eigenvalue weighted by atomic mass is 10.1. The molecule has 18 heavy (non-hydrogen) atoms. The summed E-state index contributed by atoms with van der Waals surface area (Å²) in [5.41, 5.74) is 1.69. The van der Waals surface area contributed by atoms with Gasteiger partial charge < -0.3 is 5.32 Å². The third kappa shape index (κ3) is 3.21. The van der Waals surface area contributed by atoms with E-state index in [9.17, 15) is 0 Å². The minimum Gasteiger partial charge on any atom is -0.380 e. The first-order valence-electron chi connectivity index (χ1n) is 6.32. The van der Waals surface area contributed by atoms with Crippen LogP contribution >= 0.6 is 27.7 Å². The van der Waals surface area contributed by atoms with E-state index in [0.29, 0.717) is 11.3 Å². The Morgan fingerprint density at radius 1 is 1.50 bits per heavy atom. The molecular formula is C14H17BrN2S. The molecule has 1 aromatic rings. The lowest BCUT2D eigenvalue weighted by Crippen LogP contribution is -2.26. The molecule has 4 heteroatoms. The van der Waals surface area contributed by atoms with Gasteiger partial charge in [0.1, 0.15) is 6.07 Å². The van der Waals surface area contributed by atoms with Gasteiger partial charge in [-0.05, 0) is 36.8 Å². The van der Waals surface area contributed by atoms with Crippen LogP contribution in [0.15, 0.2) is 22.7 Å². The van der Waals surface area contributed by atoms with Gasteiger partial charge in [-0.15, -0.1) is 0 Å². The molecule has 0 radical (unpaired) electrons. The normalized spacial score (nSPS) is 22.7. The maximum atomic E-state index is 9.14. The van der Waals surface area contributed by atoms with Crippen molar-refractivity contribution in [2.24, 2.45) is 0 Å². The number of nitriles is 1. The Bertz CT molecular complexity index is 456. The number of hydrogen-bond acceptors (Lipinski definition) is 3. The van der Waals surface area contributed by atoms with Crippen molar-refractivity contribution in [1.29, 1.82) is 5.26 Å². The van der Waals surface area contributed by atoms with Gasteiger partial charge in [-0.3, -0.25) is 0 Å². The van der Waals surface area contributed by atoms with Crippen molar-refractivity contribution in [1.82, 2.24) is 0 Å². The fourth-order valence-electron chi connectivity index (χ4n) is 2.44. The largest absolute Gasteiger partial charge is 0.380 e. The summed E-state index contributed by atoms with van der Waals surface area (Å²) in [5.74, 6) is 1.16. The zero-order chi connectivity index (χ0) is 13.0. The first-order chi connectivity index (χ1) is 8.74. The standard InChI is InChI=1S/C14H17BrN2S/c1-2-18-14-5-3-4-12(14)17-13-8-11(15)7-6-10(13)9-16/h6-8,12,14,17H,2-5H2,1H3. The Labute approximate surface area is 121 Å². The molecule has 0 bridgehead atoms. The van der Waals surface area contributed by atoms with Crippen molar-refractivity contribution >= 4 is 33.4 Å². The molecule has 2 rings (SSSR count). The predicted octanol–water partition coefficient (Wildman–Crippen LogP) is 4.41. The average Bonchev–Trinajstić information content (AvgIpc) is 2.78. The lowest BCUT2D eigenvalue weighted by molar-refractivity contribution is 0.767. The van der Waals surface area contributed by atoms with Gasteiger partial charge in [-0.2, -0.15) is 17.0 Å². The van der Waals surface area contributed by atoms with Crippen molar-refractivity contribution in [3.05, 3.63) is 28.2 Å². The van der Waals surface area contributed by atoms with Gasteiger partial charge in [-0.1, -0.05) is 29.3 Å². The third-order valence-corrected chi connectivity index (χ3v) is 5.10. The van der Waals surface area contributed by atoms with Crippen LogP contribution in [0.5, 0.6) is 0 Å². The molecule has 0 aliphatic heterocycles. The van der Waals surface area contributed by atoms with Crippen molar-refractivity contribution < 1.29 is 0 Å². The smallest absolute Gasteiger partial charge is 0.101 e. The molecule has 1 aliphatic carbocycles. The van der Waals surface area contributed by atoms with E-state index in [1.54, 1.807) is 0 Å². The highest BCUT2D eigenvalue weighted by molar-refractivity contribution is 9.10. The molecule has 2 unspecified atom stereocenters. The molecule has 0 heterocycles. The van der Waals surface area contributed by atoms with Gasteiger partial charge >= 0.3 is 0 Å². The molecule has 0 saturated heterocycles. The molecule has 1 fully saturated rings. The monoisotopic (exact) mass is 324 g/mol. The fraction of sp³-hybridized carbons (Fsp3) is 0.500. The highest BCUT2D eigenvalue weighted by atomic mass is 79.9. The summed E-state index contributed by atoms with van der Waals surface area (Å²) in [6, 6.07) is 8.53. The number of halogens is 1. The Morgan fingerprint density at radius 3 is 3.06 bits per heavy atom. The summed E-state index contributed by atoms with van der Waals surface area (Å²) in [6.45, 7) is 2.21. The summed E-state index contributed by atoms with van der Waals surface area (Å²) in [6.07, 6.45) is 3.77. The first-order valence-corrected chi connectivity index (χ1v) is 8.16. The average molecular weight is 325 g/mol. The minimum absolute atomic E-state index is 0.497. The van der Waals surface area contributed by atoms with Crippen LogP contribution in [0.4, 0.5) is 5.69 Å². The molecule has 0 aromatic heterocycles. The zero-order valence-corrected chi connectivity index (χ0v) is 12.9. The number of benzene rings is 1. The van der Waals surface area contributed by atoms with E-state index in [1.165, 1.54) is 19.3 Å². The molecule has 1 aromatic carbocycles. The number of anilines is 1. The van der Waals surface area contributed by atoms with E-state index in [1.807, 2.05) is 30.0 Å². The van der Waals surface area contributed by atoms with Gasteiger partial charge in [0.2, 0.25) is 0 Å². The van der Waals surface area contributed by atoms with E-state index in [4.69, 9.17) is 5.26 Å². The highest BCUT2D eigenvalue weighted by Gasteiger charge is 2.27. The van der Waals surface area contributed by atoms with Crippen molar-refractivity contribution in [2.45, 2.75) is 37.5 Å².